The zero-order valence-electron chi connectivity index (χ0n) is 11.9. The first kappa shape index (κ1) is 15.6. The molecule has 0 radical (unpaired) electrons. The molecule has 0 saturated carbocycles. The van der Waals surface area contributed by atoms with Gasteiger partial charge in [0.15, 0.2) is 0 Å². The summed E-state index contributed by atoms with van der Waals surface area (Å²) in [6.45, 7) is 4.48. The van der Waals surface area contributed by atoms with Crippen LogP contribution in [0.2, 0.25) is 0 Å². The Balaban J connectivity index is 1.96. The summed E-state index contributed by atoms with van der Waals surface area (Å²) in [7, 11) is -3.55. The number of nitrogens with zero attached hydrogens (tertiary/aromatic N) is 3. The highest BCUT2D eigenvalue weighted by molar-refractivity contribution is 7.89. The highest BCUT2D eigenvalue weighted by Crippen LogP contribution is 2.08. The van der Waals surface area contributed by atoms with Gasteiger partial charge in [0.2, 0.25) is 10.0 Å². The van der Waals surface area contributed by atoms with Crippen LogP contribution in [-0.2, 0) is 23.1 Å². The first-order valence-electron chi connectivity index (χ1n) is 6.73. The second-order valence-corrected chi connectivity index (χ2v) is 6.25. The van der Waals surface area contributed by atoms with E-state index in [0.29, 0.717) is 6.54 Å². The molecule has 2 aromatic rings. The Kier molecular flexibility index (Phi) is 5.43. The lowest BCUT2D eigenvalue weighted by Crippen LogP contribution is -2.23. The summed E-state index contributed by atoms with van der Waals surface area (Å²) in [5, 5.41) is 7.21. The molecule has 0 spiro atoms. The molecule has 0 atom stereocenters. The van der Waals surface area contributed by atoms with Gasteiger partial charge in [-0.2, -0.15) is 5.10 Å². The maximum Gasteiger partial charge on any atom is 0.243 e. The summed E-state index contributed by atoms with van der Waals surface area (Å²) in [5.74, 6) is 0. The van der Waals surface area contributed by atoms with E-state index in [4.69, 9.17) is 0 Å². The van der Waals surface area contributed by atoms with Gasteiger partial charge in [-0.3, -0.25) is 9.67 Å². The maximum absolute atomic E-state index is 12.1. The van der Waals surface area contributed by atoms with Crippen LogP contribution in [0.5, 0.6) is 0 Å². The predicted octanol–water partition coefficient (Wildman–Crippen LogP) is 0.366. The molecule has 0 bridgehead atoms. The summed E-state index contributed by atoms with van der Waals surface area (Å²) >= 11 is 0. The summed E-state index contributed by atoms with van der Waals surface area (Å²) in [5.41, 5.74) is 0.806. The molecule has 0 aliphatic carbocycles. The lowest BCUT2D eigenvalue weighted by Gasteiger charge is -2.04. The smallest absolute Gasteiger partial charge is 0.243 e. The molecule has 0 amide bonds. The topological polar surface area (TPSA) is 88.9 Å². The number of likely N-dealkylation sites (N-methyl/N-ethyl adjacent to an activating group) is 1. The molecule has 21 heavy (non-hydrogen) atoms. The van der Waals surface area contributed by atoms with Crippen molar-refractivity contribution in [2.75, 3.05) is 13.1 Å². The maximum atomic E-state index is 12.1. The van der Waals surface area contributed by atoms with E-state index >= 15 is 0 Å². The van der Waals surface area contributed by atoms with Crippen molar-refractivity contribution >= 4 is 10.0 Å². The Morgan fingerprint density at radius 2 is 2.19 bits per heavy atom. The fraction of sp³-hybridized carbons (Fsp3) is 0.385. The van der Waals surface area contributed by atoms with Crippen LogP contribution in [0.1, 0.15) is 12.5 Å². The van der Waals surface area contributed by atoms with Crippen LogP contribution in [0.15, 0.2) is 41.8 Å². The number of sulfonamides is 1. The van der Waals surface area contributed by atoms with E-state index < -0.39 is 10.0 Å². The van der Waals surface area contributed by atoms with Gasteiger partial charge in [-0.15, -0.1) is 0 Å². The molecule has 114 valence electrons. The Bertz CT molecular complexity index is 654. The minimum atomic E-state index is -3.55. The third-order valence-corrected chi connectivity index (χ3v) is 4.23. The zero-order valence-corrected chi connectivity index (χ0v) is 12.7. The first-order valence-corrected chi connectivity index (χ1v) is 8.22. The van der Waals surface area contributed by atoms with E-state index in [-0.39, 0.29) is 11.4 Å². The highest BCUT2D eigenvalue weighted by Gasteiger charge is 2.16. The summed E-state index contributed by atoms with van der Waals surface area (Å²) in [4.78, 5) is 4.12. The van der Waals surface area contributed by atoms with Crippen molar-refractivity contribution < 1.29 is 8.42 Å². The van der Waals surface area contributed by atoms with Crippen LogP contribution in [0, 0.1) is 0 Å². The van der Waals surface area contributed by atoms with E-state index in [2.05, 4.69) is 20.1 Å². The van der Waals surface area contributed by atoms with Gasteiger partial charge in [-0.25, -0.2) is 13.1 Å². The molecule has 0 saturated heterocycles. The first-order chi connectivity index (χ1) is 10.1. The Morgan fingerprint density at radius 1 is 1.33 bits per heavy atom. The van der Waals surface area contributed by atoms with Crippen LogP contribution < -0.4 is 10.0 Å². The van der Waals surface area contributed by atoms with Crippen LogP contribution in [0.25, 0.3) is 0 Å². The number of hydrogen-bond donors (Lipinski definition) is 2. The normalized spacial score (nSPS) is 11.7. The fourth-order valence-corrected chi connectivity index (χ4v) is 2.71. The van der Waals surface area contributed by atoms with Crippen molar-refractivity contribution in [3.05, 3.63) is 42.5 Å². The SMILES string of the molecule is CCNCCn1cc(S(=O)(=O)NCc2cccnc2)cn1. The van der Waals surface area contributed by atoms with E-state index in [9.17, 15) is 8.42 Å². The molecule has 0 unspecified atom stereocenters. The largest absolute Gasteiger partial charge is 0.315 e. The molecular weight excluding hydrogens is 290 g/mol. The van der Waals surface area contributed by atoms with E-state index in [1.807, 2.05) is 13.0 Å². The van der Waals surface area contributed by atoms with Crippen molar-refractivity contribution in [3.8, 4) is 0 Å². The quantitative estimate of drug-likeness (QED) is 0.688. The van der Waals surface area contributed by atoms with E-state index in [1.54, 1.807) is 23.1 Å². The van der Waals surface area contributed by atoms with E-state index in [1.165, 1.54) is 12.4 Å². The number of pyridine rings is 1. The average molecular weight is 309 g/mol. The minimum absolute atomic E-state index is 0.169. The van der Waals surface area contributed by atoms with Crippen molar-refractivity contribution in [1.29, 1.82) is 0 Å². The molecule has 0 fully saturated rings. The lowest BCUT2D eigenvalue weighted by atomic mass is 10.3. The van der Waals surface area contributed by atoms with Crippen LogP contribution in [-0.4, -0.2) is 36.3 Å². The molecule has 8 heteroatoms. The summed E-state index contributed by atoms with van der Waals surface area (Å²) in [6, 6.07) is 3.58. The molecule has 0 aromatic carbocycles. The summed E-state index contributed by atoms with van der Waals surface area (Å²) in [6.07, 6.45) is 6.16. The van der Waals surface area contributed by atoms with Gasteiger partial charge >= 0.3 is 0 Å². The van der Waals surface area contributed by atoms with Crippen LogP contribution in [0.3, 0.4) is 0 Å². The molecule has 2 rings (SSSR count). The number of aromatic nitrogens is 3. The predicted molar refractivity (Wildman–Crippen MR) is 79.0 cm³/mol. The van der Waals surface area contributed by atoms with E-state index in [0.717, 1.165) is 18.7 Å². The fourth-order valence-electron chi connectivity index (χ4n) is 1.74. The van der Waals surface area contributed by atoms with Crippen molar-refractivity contribution in [3.63, 3.8) is 0 Å². The average Bonchev–Trinajstić information content (AvgIpc) is 2.96. The van der Waals surface area contributed by atoms with Gasteiger partial charge < -0.3 is 5.32 Å². The van der Waals surface area contributed by atoms with Crippen molar-refractivity contribution in [2.45, 2.75) is 24.9 Å². The lowest BCUT2D eigenvalue weighted by molar-refractivity contribution is 0.562. The van der Waals surface area contributed by atoms with Gasteiger partial charge in [-0.1, -0.05) is 13.0 Å². The summed E-state index contributed by atoms with van der Waals surface area (Å²) < 4.78 is 28.4. The van der Waals surface area contributed by atoms with Crippen LogP contribution in [0.4, 0.5) is 0 Å². The molecule has 2 aromatic heterocycles. The molecule has 0 aliphatic rings. The van der Waals surface area contributed by atoms with Gasteiger partial charge in [-0.05, 0) is 18.2 Å². The Labute approximate surface area is 124 Å². The molecule has 2 heterocycles. The molecular formula is C13H19N5O2S. The Morgan fingerprint density at radius 3 is 2.90 bits per heavy atom. The third-order valence-electron chi connectivity index (χ3n) is 2.88. The minimum Gasteiger partial charge on any atom is -0.315 e. The third kappa shape index (κ3) is 4.62. The zero-order chi connectivity index (χ0) is 15.1. The molecule has 2 N–H and O–H groups in total. The van der Waals surface area contributed by atoms with Gasteiger partial charge in [0.1, 0.15) is 4.90 Å². The van der Waals surface area contributed by atoms with Crippen LogP contribution >= 0.6 is 0 Å². The van der Waals surface area contributed by atoms with Gasteiger partial charge in [0, 0.05) is 31.7 Å². The number of rotatable bonds is 8. The number of nitrogens with one attached hydrogen (secondary N) is 2. The second kappa shape index (κ2) is 7.30. The van der Waals surface area contributed by atoms with Crippen molar-refractivity contribution in [2.24, 2.45) is 0 Å². The van der Waals surface area contributed by atoms with Crippen molar-refractivity contribution in [1.82, 2.24) is 24.8 Å². The van der Waals surface area contributed by atoms with Gasteiger partial charge in [0.25, 0.3) is 0 Å². The monoisotopic (exact) mass is 309 g/mol. The highest BCUT2D eigenvalue weighted by atomic mass is 32.2. The molecule has 0 aliphatic heterocycles. The molecule has 7 nitrogen and oxygen atoms in total. The second-order valence-electron chi connectivity index (χ2n) is 4.48. The standard InChI is InChI=1S/C13H19N5O2S/c1-2-14-6-7-18-11-13(10-16-18)21(19,20)17-9-12-4-3-5-15-8-12/h3-5,8,10-11,14,17H,2,6-7,9H2,1H3. The van der Waals surface area contributed by atoms with Gasteiger partial charge in [0.05, 0.1) is 12.7 Å². The number of hydrogen-bond acceptors (Lipinski definition) is 5. The Hall–Kier alpha value is -1.77.